The number of rotatable bonds is 2. The first-order chi connectivity index (χ1) is 12.0. The van der Waals surface area contributed by atoms with Crippen molar-refractivity contribution in [2.45, 2.75) is 24.9 Å². The number of ether oxygens (including phenoxy) is 1. The molecule has 0 unspecified atom stereocenters. The Bertz CT molecular complexity index is 808. The standard InChI is InChI=1S/C20H23N3O2/c1-20-11-12-22(2)18(20)23(3)17-10-9-15(13-16(17)20)25-19(24)21-14-7-5-4-6-8-14/h4-10,13,18H,11-12H2,1-3H3,(H,21,24)/t18-,20+/m0/s1. The lowest BCUT2D eigenvalue weighted by atomic mass is 9.81. The van der Waals surface area contributed by atoms with Crippen molar-refractivity contribution in [1.29, 1.82) is 0 Å². The summed E-state index contributed by atoms with van der Waals surface area (Å²) in [5, 5.41) is 2.75. The Hall–Kier alpha value is -2.53. The van der Waals surface area contributed by atoms with Gasteiger partial charge in [0.15, 0.2) is 0 Å². The van der Waals surface area contributed by atoms with Gasteiger partial charge in [-0.1, -0.05) is 25.1 Å². The molecule has 0 spiro atoms. The number of anilines is 2. The van der Waals surface area contributed by atoms with Crippen LogP contribution in [-0.4, -0.2) is 37.8 Å². The van der Waals surface area contributed by atoms with Crippen LogP contribution in [0.5, 0.6) is 5.75 Å². The van der Waals surface area contributed by atoms with Gasteiger partial charge < -0.3 is 9.64 Å². The summed E-state index contributed by atoms with van der Waals surface area (Å²) in [5.74, 6) is 0.581. The molecule has 1 fully saturated rings. The van der Waals surface area contributed by atoms with Crippen LogP contribution in [0.25, 0.3) is 0 Å². The van der Waals surface area contributed by atoms with Crippen LogP contribution in [0.15, 0.2) is 48.5 Å². The summed E-state index contributed by atoms with van der Waals surface area (Å²) >= 11 is 0. The van der Waals surface area contributed by atoms with E-state index in [1.54, 1.807) is 0 Å². The number of likely N-dealkylation sites (tertiary alicyclic amines) is 1. The molecule has 2 heterocycles. The predicted octanol–water partition coefficient (Wildman–Crippen LogP) is 3.67. The Morgan fingerprint density at radius 3 is 2.72 bits per heavy atom. The van der Waals surface area contributed by atoms with Crippen molar-refractivity contribution >= 4 is 17.5 Å². The summed E-state index contributed by atoms with van der Waals surface area (Å²) in [6.45, 7) is 3.38. The van der Waals surface area contributed by atoms with Gasteiger partial charge in [0.05, 0.1) is 6.17 Å². The van der Waals surface area contributed by atoms with Gasteiger partial charge in [0.1, 0.15) is 5.75 Å². The highest BCUT2D eigenvalue weighted by Crippen LogP contribution is 2.51. The smallest absolute Gasteiger partial charge is 0.410 e. The molecule has 2 aliphatic heterocycles. The van der Waals surface area contributed by atoms with Gasteiger partial charge in [0.2, 0.25) is 0 Å². The molecular weight excluding hydrogens is 314 g/mol. The third-order valence-corrected chi connectivity index (χ3v) is 5.53. The minimum atomic E-state index is -0.470. The molecule has 0 aliphatic carbocycles. The Morgan fingerprint density at radius 1 is 1.20 bits per heavy atom. The Kier molecular flexibility index (Phi) is 3.69. The number of hydrogen-bond donors (Lipinski definition) is 1. The van der Waals surface area contributed by atoms with Gasteiger partial charge in [-0.25, -0.2) is 4.79 Å². The van der Waals surface area contributed by atoms with E-state index in [-0.39, 0.29) is 5.41 Å². The highest BCUT2D eigenvalue weighted by molar-refractivity contribution is 5.86. The summed E-state index contributed by atoms with van der Waals surface area (Å²) in [6, 6.07) is 15.3. The summed E-state index contributed by atoms with van der Waals surface area (Å²) in [5.41, 5.74) is 3.26. The Labute approximate surface area is 148 Å². The number of likely N-dealkylation sites (N-methyl/N-ethyl adjacent to an activating group) is 2. The van der Waals surface area contributed by atoms with Crippen molar-refractivity contribution in [2.75, 3.05) is 30.9 Å². The molecule has 1 N–H and O–H groups in total. The second-order valence-corrected chi connectivity index (χ2v) is 7.19. The summed E-state index contributed by atoms with van der Waals surface area (Å²) in [7, 11) is 4.31. The molecule has 0 aromatic heterocycles. The molecule has 25 heavy (non-hydrogen) atoms. The van der Waals surface area contributed by atoms with Crippen molar-refractivity contribution in [2.24, 2.45) is 0 Å². The van der Waals surface area contributed by atoms with Crippen LogP contribution < -0.4 is 15.0 Å². The molecule has 4 rings (SSSR count). The van der Waals surface area contributed by atoms with Crippen molar-refractivity contribution in [3.8, 4) is 5.75 Å². The highest BCUT2D eigenvalue weighted by atomic mass is 16.6. The summed E-state index contributed by atoms with van der Waals surface area (Å²) in [4.78, 5) is 16.9. The quantitative estimate of drug-likeness (QED) is 0.908. The molecule has 0 saturated carbocycles. The van der Waals surface area contributed by atoms with Gasteiger partial charge in [-0.05, 0) is 49.4 Å². The SMILES string of the molecule is CN1CC[C@]2(C)c3cc(OC(=O)Nc4ccccc4)ccc3N(C)[C@H]12. The first-order valence-electron chi connectivity index (χ1n) is 8.60. The third-order valence-electron chi connectivity index (χ3n) is 5.53. The van der Waals surface area contributed by atoms with Crippen LogP contribution in [0.2, 0.25) is 0 Å². The maximum absolute atomic E-state index is 12.2. The number of hydrogen-bond acceptors (Lipinski definition) is 4. The van der Waals surface area contributed by atoms with E-state index in [2.05, 4.69) is 42.2 Å². The van der Waals surface area contributed by atoms with Crippen molar-refractivity contribution < 1.29 is 9.53 Å². The van der Waals surface area contributed by atoms with Gasteiger partial charge >= 0.3 is 6.09 Å². The van der Waals surface area contributed by atoms with Crippen LogP contribution in [0.1, 0.15) is 18.9 Å². The molecule has 5 heteroatoms. The van der Waals surface area contributed by atoms with E-state index >= 15 is 0 Å². The molecule has 2 atom stereocenters. The number of benzene rings is 2. The Morgan fingerprint density at radius 2 is 1.96 bits per heavy atom. The molecule has 0 bridgehead atoms. The van der Waals surface area contributed by atoms with Crippen LogP contribution in [0.4, 0.5) is 16.2 Å². The minimum Gasteiger partial charge on any atom is -0.410 e. The molecule has 0 radical (unpaired) electrons. The number of carbonyl (C=O) groups excluding carboxylic acids is 1. The second kappa shape index (κ2) is 5.77. The van der Waals surface area contributed by atoms with Crippen LogP contribution in [0, 0.1) is 0 Å². The fourth-order valence-corrected chi connectivity index (χ4v) is 4.39. The topological polar surface area (TPSA) is 44.8 Å². The number of carbonyl (C=O) groups is 1. The zero-order chi connectivity index (χ0) is 17.6. The van der Waals surface area contributed by atoms with Crippen LogP contribution >= 0.6 is 0 Å². The lowest BCUT2D eigenvalue weighted by Gasteiger charge is -2.32. The zero-order valence-corrected chi connectivity index (χ0v) is 14.8. The summed E-state index contributed by atoms with van der Waals surface area (Å²) < 4.78 is 5.52. The number of fused-ring (bicyclic) bond motifs is 3. The maximum Gasteiger partial charge on any atom is 0.417 e. The van der Waals surface area contributed by atoms with Gasteiger partial charge in [-0.2, -0.15) is 0 Å². The van der Waals surface area contributed by atoms with E-state index in [4.69, 9.17) is 4.74 Å². The molecule has 2 aliphatic rings. The van der Waals surface area contributed by atoms with Crippen LogP contribution in [-0.2, 0) is 5.41 Å². The van der Waals surface area contributed by atoms with E-state index < -0.39 is 6.09 Å². The summed E-state index contributed by atoms with van der Waals surface area (Å²) in [6.07, 6.45) is 0.990. The normalized spacial score (nSPS) is 24.8. The largest absolute Gasteiger partial charge is 0.417 e. The first-order valence-corrected chi connectivity index (χ1v) is 8.60. The van der Waals surface area contributed by atoms with E-state index in [0.717, 1.165) is 18.7 Å². The first kappa shape index (κ1) is 16.0. The molecule has 2 aromatic carbocycles. The van der Waals surface area contributed by atoms with Crippen LogP contribution in [0.3, 0.4) is 0 Å². The van der Waals surface area contributed by atoms with Gasteiger partial charge in [0, 0.05) is 30.4 Å². The number of nitrogens with one attached hydrogen (secondary N) is 1. The minimum absolute atomic E-state index is 0.0636. The average Bonchev–Trinajstić information content (AvgIpc) is 3.01. The zero-order valence-electron chi connectivity index (χ0n) is 14.8. The molecule has 5 nitrogen and oxygen atoms in total. The highest BCUT2D eigenvalue weighted by Gasteiger charge is 2.52. The molecular formula is C20H23N3O2. The van der Waals surface area contributed by atoms with E-state index in [1.165, 1.54) is 11.3 Å². The average molecular weight is 337 g/mol. The van der Waals surface area contributed by atoms with Crippen molar-refractivity contribution in [3.05, 3.63) is 54.1 Å². The van der Waals surface area contributed by atoms with Gasteiger partial charge in [-0.3, -0.25) is 10.2 Å². The lowest BCUT2D eigenvalue weighted by molar-refractivity contribution is 0.215. The molecule has 1 amide bonds. The molecule has 2 aromatic rings. The van der Waals surface area contributed by atoms with Gasteiger partial charge in [-0.15, -0.1) is 0 Å². The number of nitrogens with zero attached hydrogens (tertiary/aromatic N) is 2. The van der Waals surface area contributed by atoms with Crippen molar-refractivity contribution in [1.82, 2.24) is 4.90 Å². The third kappa shape index (κ3) is 2.55. The molecule has 1 saturated heterocycles. The van der Waals surface area contributed by atoms with Gasteiger partial charge in [0.25, 0.3) is 0 Å². The lowest BCUT2D eigenvalue weighted by Crippen LogP contribution is -2.45. The second-order valence-electron chi connectivity index (χ2n) is 7.19. The van der Waals surface area contributed by atoms with E-state index in [9.17, 15) is 4.79 Å². The number of amides is 1. The Balaban J connectivity index is 1.56. The maximum atomic E-state index is 12.2. The predicted molar refractivity (Wildman–Crippen MR) is 99.3 cm³/mol. The fourth-order valence-electron chi connectivity index (χ4n) is 4.39. The number of para-hydroxylation sites is 1. The van der Waals surface area contributed by atoms with Crippen molar-refractivity contribution in [3.63, 3.8) is 0 Å². The fraction of sp³-hybridized carbons (Fsp3) is 0.350. The van der Waals surface area contributed by atoms with E-state index in [1.807, 2.05) is 42.5 Å². The molecule has 130 valence electrons. The monoisotopic (exact) mass is 337 g/mol. The van der Waals surface area contributed by atoms with E-state index in [0.29, 0.717) is 11.9 Å².